The number of H-pyrrole nitrogens is 1. The van der Waals surface area contributed by atoms with Gasteiger partial charge in [0.25, 0.3) is 0 Å². The van der Waals surface area contributed by atoms with E-state index < -0.39 is 0 Å². The third-order valence-electron chi connectivity index (χ3n) is 3.90. The Morgan fingerprint density at radius 1 is 1.53 bits per heavy atom. The first-order chi connectivity index (χ1) is 9.06. The van der Waals surface area contributed by atoms with Crippen LogP contribution in [0.25, 0.3) is 5.65 Å². The van der Waals surface area contributed by atoms with E-state index in [4.69, 9.17) is 5.73 Å². The first-order valence-corrected chi connectivity index (χ1v) is 6.51. The van der Waals surface area contributed by atoms with E-state index in [1.165, 1.54) is 4.40 Å². The van der Waals surface area contributed by atoms with Gasteiger partial charge in [0, 0.05) is 25.2 Å². The smallest absolute Gasteiger partial charge is 0.349 e. The van der Waals surface area contributed by atoms with E-state index in [1.54, 1.807) is 6.92 Å². The van der Waals surface area contributed by atoms with Gasteiger partial charge in [-0.05, 0) is 19.3 Å². The van der Waals surface area contributed by atoms with E-state index in [0.717, 1.165) is 25.3 Å². The molecular formula is C12H18N6O. The Balaban J connectivity index is 1.99. The molecule has 7 nitrogen and oxygen atoms in total. The Kier molecular flexibility index (Phi) is 2.78. The molecule has 3 rings (SSSR count). The number of fused-ring (bicyclic) bond motifs is 1. The van der Waals surface area contributed by atoms with Crippen molar-refractivity contribution in [3.05, 3.63) is 22.4 Å². The molecule has 1 aliphatic rings. The SMILES string of the molecule is Cc1nc(N2CCC(C)C(N)C2)cc2n[nH]c(=O)n12. The van der Waals surface area contributed by atoms with Crippen LogP contribution in [-0.2, 0) is 0 Å². The number of hydrogen-bond acceptors (Lipinski definition) is 5. The Morgan fingerprint density at radius 3 is 3.05 bits per heavy atom. The Morgan fingerprint density at radius 2 is 2.32 bits per heavy atom. The lowest BCUT2D eigenvalue weighted by molar-refractivity contribution is 0.378. The van der Waals surface area contributed by atoms with Gasteiger partial charge in [-0.1, -0.05) is 6.92 Å². The Labute approximate surface area is 110 Å². The van der Waals surface area contributed by atoms with Crippen LogP contribution in [0.3, 0.4) is 0 Å². The van der Waals surface area contributed by atoms with Crippen LogP contribution < -0.4 is 16.3 Å². The molecule has 2 aromatic rings. The number of aromatic amines is 1. The van der Waals surface area contributed by atoms with Crippen molar-refractivity contribution in [3.63, 3.8) is 0 Å². The minimum atomic E-state index is -0.254. The number of piperidine rings is 1. The molecule has 0 bridgehead atoms. The van der Waals surface area contributed by atoms with Gasteiger partial charge < -0.3 is 10.6 Å². The van der Waals surface area contributed by atoms with Crippen LogP contribution in [-0.4, -0.2) is 38.7 Å². The number of anilines is 1. The van der Waals surface area contributed by atoms with Crippen molar-refractivity contribution >= 4 is 11.5 Å². The van der Waals surface area contributed by atoms with Gasteiger partial charge >= 0.3 is 5.69 Å². The quantitative estimate of drug-likeness (QED) is 0.748. The summed E-state index contributed by atoms with van der Waals surface area (Å²) < 4.78 is 1.47. The maximum atomic E-state index is 11.6. The van der Waals surface area contributed by atoms with Gasteiger partial charge in [0.2, 0.25) is 0 Å². The summed E-state index contributed by atoms with van der Waals surface area (Å²) >= 11 is 0. The van der Waals surface area contributed by atoms with Gasteiger partial charge in [0.05, 0.1) is 0 Å². The molecule has 0 aromatic carbocycles. The topological polar surface area (TPSA) is 92.3 Å². The summed E-state index contributed by atoms with van der Waals surface area (Å²) in [4.78, 5) is 18.2. The number of hydrogen-bond donors (Lipinski definition) is 2. The summed E-state index contributed by atoms with van der Waals surface area (Å²) in [6.45, 7) is 5.71. The fraction of sp³-hybridized carbons (Fsp3) is 0.583. The number of nitrogens with one attached hydrogen (secondary N) is 1. The lowest BCUT2D eigenvalue weighted by atomic mass is 9.94. The highest BCUT2D eigenvalue weighted by Gasteiger charge is 2.24. The fourth-order valence-corrected chi connectivity index (χ4v) is 2.55. The normalized spacial score (nSPS) is 24.1. The molecule has 1 fully saturated rings. The predicted molar refractivity (Wildman–Crippen MR) is 72.3 cm³/mol. The minimum Gasteiger partial charge on any atom is -0.355 e. The summed E-state index contributed by atoms with van der Waals surface area (Å²) in [6, 6.07) is 1.99. The Hall–Kier alpha value is -1.89. The molecule has 1 saturated heterocycles. The van der Waals surface area contributed by atoms with Crippen molar-refractivity contribution in [1.29, 1.82) is 0 Å². The maximum Gasteiger partial charge on any atom is 0.349 e. The summed E-state index contributed by atoms with van der Waals surface area (Å²) in [5, 5.41) is 6.43. The number of nitrogens with zero attached hydrogens (tertiary/aromatic N) is 4. The largest absolute Gasteiger partial charge is 0.355 e. The standard InChI is InChI=1S/C12H18N6O/c1-7-3-4-17(6-9(7)13)10-5-11-15-16-12(19)18(11)8(2)14-10/h5,7,9H,3-4,6,13H2,1-2H3,(H,16,19). The van der Waals surface area contributed by atoms with Gasteiger partial charge in [0.15, 0.2) is 5.65 Å². The highest BCUT2D eigenvalue weighted by molar-refractivity contribution is 5.51. The van der Waals surface area contributed by atoms with E-state index in [-0.39, 0.29) is 11.7 Å². The Bertz CT molecular complexity index is 660. The molecule has 1 aliphatic heterocycles. The second-order valence-electron chi connectivity index (χ2n) is 5.26. The summed E-state index contributed by atoms with van der Waals surface area (Å²) in [6.07, 6.45) is 1.06. The highest BCUT2D eigenvalue weighted by atomic mass is 16.1. The molecule has 2 aromatic heterocycles. The van der Waals surface area contributed by atoms with E-state index in [1.807, 2.05) is 6.07 Å². The van der Waals surface area contributed by atoms with Crippen molar-refractivity contribution in [2.24, 2.45) is 11.7 Å². The van der Waals surface area contributed by atoms with Gasteiger partial charge in [-0.25, -0.2) is 19.3 Å². The van der Waals surface area contributed by atoms with Crippen LogP contribution in [0.2, 0.25) is 0 Å². The molecule has 0 spiro atoms. The molecule has 0 aliphatic carbocycles. The lowest BCUT2D eigenvalue weighted by Crippen LogP contribution is -2.48. The predicted octanol–water partition coefficient (Wildman–Crippen LogP) is -0.100. The minimum absolute atomic E-state index is 0.161. The average molecular weight is 262 g/mol. The van der Waals surface area contributed by atoms with Crippen molar-refractivity contribution in [3.8, 4) is 0 Å². The molecule has 2 unspecified atom stereocenters. The molecule has 7 heteroatoms. The van der Waals surface area contributed by atoms with Gasteiger partial charge in [0.1, 0.15) is 11.6 Å². The fourth-order valence-electron chi connectivity index (χ4n) is 2.55. The molecule has 3 N–H and O–H groups in total. The molecule has 3 heterocycles. The van der Waals surface area contributed by atoms with Crippen LogP contribution in [0.5, 0.6) is 0 Å². The number of nitrogens with two attached hydrogens (primary N) is 1. The molecule has 0 saturated carbocycles. The number of aromatic nitrogens is 4. The van der Waals surface area contributed by atoms with Crippen molar-refractivity contribution in [1.82, 2.24) is 19.6 Å². The van der Waals surface area contributed by atoms with Gasteiger partial charge in [-0.3, -0.25) is 0 Å². The van der Waals surface area contributed by atoms with Gasteiger partial charge in [-0.15, -0.1) is 0 Å². The van der Waals surface area contributed by atoms with E-state index in [0.29, 0.717) is 17.4 Å². The molecular weight excluding hydrogens is 244 g/mol. The van der Waals surface area contributed by atoms with E-state index in [9.17, 15) is 4.79 Å². The number of rotatable bonds is 1. The van der Waals surface area contributed by atoms with Crippen LogP contribution >= 0.6 is 0 Å². The van der Waals surface area contributed by atoms with Crippen LogP contribution in [0.15, 0.2) is 10.9 Å². The maximum absolute atomic E-state index is 11.6. The highest BCUT2D eigenvalue weighted by Crippen LogP contribution is 2.21. The van der Waals surface area contributed by atoms with Crippen LogP contribution in [0.1, 0.15) is 19.2 Å². The summed E-state index contributed by atoms with van der Waals surface area (Å²) in [7, 11) is 0. The lowest BCUT2D eigenvalue weighted by Gasteiger charge is -2.35. The first kappa shape index (κ1) is 12.2. The van der Waals surface area contributed by atoms with Crippen LogP contribution in [0, 0.1) is 12.8 Å². The molecule has 2 atom stereocenters. The van der Waals surface area contributed by atoms with Crippen LogP contribution in [0.4, 0.5) is 5.82 Å². The van der Waals surface area contributed by atoms with Crippen molar-refractivity contribution < 1.29 is 0 Å². The monoisotopic (exact) mass is 262 g/mol. The number of aryl methyl sites for hydroxylation is 1. The molecule has 0 radical (unpaired) electrons. The van der Waals surface area contributed by atoms with Gasteiger partial charge in [-0.2, -0.15) is 5.10 Å². The zero-order valence-corrected chi connectivity index (χ0v) is 11.1. The molecule has 0 amide bonds. The molecule has 102 valence electrons. The summed E-state index contributed by atoms with van der Waals surface area (Å²) in [5.41, 5.74) is 6.46. The first-order valence-electron chi connectivity index (χ1n) is 6.51. The second-order valence-corrected chi connectivity index (χ2v) is 5.26. The summed E-state index contributed by atoms with van der Waals surface area (Å²) in [5.74, 6) is 2.01. The average Bonchev–Trinajstić information content (AvgIpc) is 2.75. The van der Waals surface area contributed by atoms with Crippen molar-refractivity contribution in [2.45, 2.75) is 26.3 Å². The van der Waals surface area contributed by atoms with E-state index >= 15 is 0 Å². The second kappa shape index (κ2) is 4.34. The zero-order valence-electron chi connectivity index (χ0n) is 11.1. The molecule has 19 heavy (non-hydrogen) atoms. The van der Waals surface area contributed by atoms with Crippen molar-refractivity contribution in [2.75, 3.05) is 18.0 Å². The third kappa shape index (κ3) is 1.99. The third-order valence-corrected chi connectivity index (χ3v) is 3.90. The zero-order chi connectivity index (χ0) is 13.6. The van der Waals surface area contributed by atoms with E-state index in [2.05, 4.69) is 27.0 Å².